The Bertz CT molecular complexity index is 449. The lowest BCUT2D eigenvalue weighted by Crippen LogP contribution is -2.31. The quantitative estimate of drug-likeness (QED) is 0.676. The van der Waals surface area contributed by atoms with E-state index >= 15 is 0 Å². The van der Waals surface area contributed by atoms with E-state index in [1.54, 1.807) is 0 Å². The molecule has 18 heavy (non-hydrogen) atoms. The Morgan fingerprint density at radius 3 is 2.33 bits per heavy atom. The van der Waals surface area contributed by atoms with Gasteiger partial charge in [0.1, 0.15) is 4.51 Å². The van der Waals surface area contributed by atoms with Crippen molar-refractivity contribution in [3.05, 3.63) is 20.3 Å². The molecule has 102 valence electrons. The summed E-state index contributed by atoms with van der Waals surface area (Å²) in [6.07, 6.45) is 2.31. The first-order valence-electron chi connectivity index (χ1n) is 6.76. The van der Waals surface area contributed by atoms with Gasteiger partial charge in [-0.3, -0.25) is 4.79 Å². The van der Waals surface area contributed by atoms with E-state index in [0.717, 1.165) is 37.3 Å². The summed E-state index contributed by atoms with van der Waals surface area (Å²) in [6.45, 7) is 10.6. The number of hydrogen-bond acceptors (Lipinski definition) is 4. The van der Waals surface area contributed by atoms with Crippen LogP contribution in [0.4, 0.5) is 5.69 Å². The average molecular weight is 268 g/mol. The summed E-state index contributed by atoms with van der Waals surface area (Å²) in [5.74, 6) is 0. The summed E-state index contributed by atoms with van der Waals surface area (Å²) in [5.41, 5.74) is 1.85. The van der Waals surface area contributed by atoms with Gasteiger partial charge in [-0.25, -0.2) is 0 Å². The van der Waals surface area contributed by atoms with Crippen molar-refractivity contribution in [1.82, 2.24) is 4.90 Å². The minimum absolute atomic E-state index is 0.0491. The highest BCUT2D eigenvalue weighted by molar-refractivity contribution is 7.71. The first-order chi connectivity index (χ1) is 8.52. The normalized spacial score (nSPS) is 11.4. The molecule has 0 saturated carbocycles. The lowest BCUT2D eigenvalue weighted by molar-refractivity contribution is 0.286. The Morgan fingerprint density at radius 2 is 1.83 bits per heavy atom. The third kappa shape index (κ3) is 3.39. The molecule has 0 aliphatic carbocycles. The predicted octanol–water partition coefficient (Wildman–Crippen LogP) is 2.52. The molecule has 0 heterocycles. The molecule has 0 N–H and O–H groups in total. The zero-order valence-corrected chi connectivity index (χ0v) is 12.8. The van der Waals surface area contributed by atoms with E-state index < -0.39 is 0 Å². The third-order valence-electron chi connectivity index (χ3n) is 3.45. The average Bonchev–Trinajstić information content (AvgIpc) is 2.37. The first kappa shape index (κ1) is 15.3. The Hall–Kier alpha value is -0.740. The second-order valence-electron chi connectivity index (χ2n) is 4.84. The molecule has 0 atom stereocenters. The molecule has 0 aromatic heterocycles. The fourth-order valence-corrected chi connectivity index (χ4v) is 2.80. The smallest absolute Gasteiger partial charge is 0.203 e. The molecular formula is C14H24N2OS. The van der Waals surface area contributed by atoms with Crippen LogP contribution in [0.5, 0.6) is 0 Å². The second-order valence-corrected chi connectivity index (χ2v) is 5.25. The molecule has 1 aromatic rings. The predicted molar refractivity (Wildman–Crippen MR) is 80.9 cm³/mol. The van der Waals surface area contributed by atoms with Crippen molar-refractivity contribution in [2.75, 3.05) is 38.1 Å². The van der Waals surface area contributed by atoms with Crippen molar-refractivity contribution in [1.29, 1.82) is 0 Å². The maximum absolute atomic E-state index is 11.4. The van der Waals surface area contributed by atoms with Gasteiger partial charge in [-0.15, -0.1) is 0 Å². The van der Waals surface area contributed by atoms with E-state index in [2.05, 4.69) is 23.6 Å². The van der Waals surface area contributed by atoms with Crippen LogP contribution in [0.3, 0.4) is 0 Å². The maximum Gasteiger partial charge on any atom is 0.203 e. The first-order valence-corrected chi connectivity index (χ1v) is 7.17. The fourth-order valence-electron chi connectivity index (χ4n) is 2.34. The summed E-state index contributed by atoms with van der Waals surface area (Å²) in [6, 6.07) is 0. The summed E-state index contributed by atoms with van der Waals surface area (Å²) in [7, 11) is 2.02. The number of hydrogen-bond donors (Lipinski definition) is 0. The number of rotatable bonds is 8. The van der Waals surface area contributed by atoms with E-state index in [1.165, 1.54) is 13.0 Å². The fraction of sp³-hybridized carbons (Fsp3) is 0.714. The third-order valence-corrected chi connectivity index (χ3v) is 3.83. The van der Waals surface area contributed by atoms with Gasteiger partial charge >= 0.3 is 0 Å². The molecule has 3 nitrogen and oxygen atoms in total. The van der Waals surface area contributed by atoms with Crippen molar-refractivity contribution < 1.29 is 0 Å². The van der Waals surface area contributed by atoms with E-state index in [1.807, 2.05) is 14.0 Å². The van der Waals surface area contributed by atoms with Gasteiger partial charge in [0.2, 0.25) is 5.43 Å². The molecule has 0 bridgehead atoms. The largest absolute Gasteiger partial charge is 0.373 e. The molecular weight excluding hydrogens is 244 g/mol. The number of nitrogens with zero attached hydrogens (tertiary/aromatic N) is 2. The summed E-state index contributed by atoms with van der Waals surface area (Å²) < 4.78 is 0.510. The van der Waals surface area contributed by atoms with Gasteiger partial charge in [0.25, 0.3) is 0 Å². The molecule has 0 aliphatic heterocycles. The van der Waals surface area contributed by atoms with Crippen molar-refractivity contribution in [2.24, 2.45) is 0 Å². The van der Waals surface area contributed by atoms with E-state index in [-0.39, 0.29) is 5.43 Å². The lowest BCUT2D eigenvalue weighted by atomic mass is 10.1. The van der Waals surface area contributed by atoms with Crippen LogP contribution in [0.2, 0.25) is 0 Å². The molecule has 1 aromatic carbocycles. The number of anilines is 1. The summed E-state index contributed by atoms with van der Waals surface area (Å²) >= 11 is 5.09. The molecule has 0 saturated heterocycles. The van der Waals surface area contributed by atoms with Crippen LogP contribution in [-0.2, 0) is 0 Å². The zero-order valence-electron chi connectivity index (χ0n) is 12.0. The molecule has 4 heteroatoms. The molecule has 0 fully saturated rings. The minimum Gasteiger partial charge on any atom is -0.373 e. The monoisotopic (exact) mass is 268 g/mol. The van der Waals surface area contributed by atoms with Gasteiger partial charge in [0, 0.05) is 19.2 Å². The van der Waals surface area contributed by atoms with Crippen LogP contribution in [0.15, 0.2) is 4.79 Å². The van der Waals surface area contributed by atoms with Gasteiger partial charge in [0.05, 0.1) is 5.69 Å². The zero-order chi connectivity index (χ0) is 13.7. The molecule has 1 rings (SSSR count). The van der Waals surface area contributed by atoms with Crippen molar-refractivity contribution in [3.63, 3.8) is 0 Å². The molecule has 0 aliphatic rings. The molecule has 0 amide bonds. The Kier molecular flexibility index (Phi) is 5.96. The van der Waals surface area contributed by atoms with Gasteiger partial charge in [-0.1, -0.05) is 26.1 Å². The Morgan fingerprint density at radius 1 is 1.17 bits per heavy atom. The van der Waals surface area contributed by atoms with Gasteiger partial charge < -0.3 is 9.80 Å². The van der Waals surface area contributed by atoms with Crippen LogP contribution in [0.1, 0.15) is 32.3 Å². The Labute approximate surface area is 115 Å². The van der Waals surface area contributed by atoms with E-state index in [4.69, 9.17) is 12.2 Å². The van der Waals surface area contributed by atoms with Crippen molar-refractivity contribution >= 4 is 17.9 Å². The SMILES string of the molecule is CCCN(CC)CCCN(C)c1c(C)c(=O)c1=S. The second kappa shape index (κ2) is 7.00. The van der Waals surface area contributed by atoms with Gasteiger partial charge in [0.15, 0.2) is 0 Å². The summed E-state index contributed by atoms with van der Waals surface area (Å²) in [5, 5.41) is 0. The van der Waals surface area contributed by atoms with Crippen LogP contribution in [0.25, 0.3) is 0 Å². The minimum atomic E-state index is 0.0491. The highest BCUT2D eigenvalue weighted by atomic mass is 32.1. The van der Waals surface area contributed by atoms with E-state index in [9.17, 15) is 4.79 Å². The Balaban J connectivity index is 2.41. The molecule has 0 unspecified atom stereocenters. The highest BCUT2D eigenvalue weighted by Gasteiger charge is 2.16. The molecule has 0 spiro atoms. The highest BCUT2D eigenvalue weighted by Crippen LogP contribution is 2.20. The molecule has 0 radical (unpaired) electrons. The lowest BCUT2D eigenvalue weighted by Gasteiger charge is -2.25. The standard InChI is InChI=1S/C14H24N2OS/c1-5-8-16(6-2)10-7-9-15(4)12-11(3)13(17)14(12)18/h5-10H2,1-4H3. The van der Waals surface area contributed by atoms with Crippen LogP contribution in [-0.4, -0.2) is 38.1 Å². The van der Waals surface area contributed by atoms with Crippen molar-refractivity contribution in [3.8, 4) is 0 Å². The van der Waals surface area contributed by atoms with Crippen LogP contribution < -0.4 is 10.3 Å². The maximum atomic E-state index is 11.4. The topological polar surface area (TPSA) is 23.6 Å². The van der Waals surface area contributed by atoms with Gasteiger partial charge in [-0.05, 0) is 39.4 Å². The van der Waals surface area contributed by atoms with Crippen LogP contribution in [0, 0.1) is 11.4 Å². The van der Waals surface area contributed by atoms with Crippen LogP contribution >= 0.6 is 12.2 Å². The summed E-state index contributed by atoms with van der Waals surface area (Å²) in [4.78, 5) is 15.9. The van der Waals surface area contributed by atoms with E-state index in [0.29, 0.717) is 4.51 Å². The van der Waals surface area contributed by atoms with Crippen molar-refractivity contribution in [2.45, 2.75) is 33.6 Å². The van der Waals surface area contributed by atoms with Gasteiger partial charge in [-0.2, -0.15) is 0 Å².